The molecule has 1 unspecified atom stereocenters. The molecule has 2 rings (SSSR count). The van der Waals surface area contributed by atoms with E-state index in [1.54, 1.807) is 4.90 Å². The third-order valence-corrected chi connectivity index (χ3v) is 4.28. The zero-order valence-electron chi connectivity index (χ0n) is 14.4. The Morgan fingerprint density at radius 1 is 1.24 bits per heavy atom. The second kappa shape index (κ2) is 7.89. The van der Waals surface area contributed by atoms with Crippen molar-refractivity contribution in [3.63, 3.8) is 0 Å². The monoisotopic (exact) mass is 356 g/mol. The summed E-state index contributed by atoms with van der Waals surface area (Å²) in [6, 6.07) is 4.58. The van der Waals surface area contributed by atoms with Gasteiger partial charge in [-0.05, 0) is 30.5 Å². The van der Waals surface area contributed by atoms with Crippen molar-refractivity contribution in [1.29, 1.82) is 0 Å². The maximum atomic E-state index is 12.6. The van der Waals surface area contributed by atoms with E-state index in [0.717, 1.165) is 25.0 Å². The molecule has 1 aromatic rings. The molecule has 7 heteroatoms. The fourth-order valence-corrected chi connectivity index (χ4v) is 2.79. The highest BCUT2D eigenvalue weighted by molar-refractivity contribution is 5.80. The van der Waals surface area contributed by atoms with Crippen molar-refractivity contribution in [3.05, 3.63) is 35.4 Å². The summed E-state index contributed by atoms with van der Waals surface area (Å²) in [5.74, 6) is -0.288. The lowest BCUT2D eigenvalue weighted by Crippen LogP contribution is -2.50. The van der Waals surface area contributed by atoms with E-state index in [0.29, 0.717) is 18.7 Å². The first-order valence-corrected chi connectivity index (χ1v) is 8.41. The van der Waals surface area contributed by atoms with Gasteiger partial charge in [0.15, 0.2) is 0 Å². The summed E-state index contributed by atoms with van der Waals surface area (Å²) in [5, 5.41) is 2.93. The standard InChI is InChI=1S/C18H23F3N2O2/c1-12(2)17(25)22-15-4-3-9-23(11-15)16(24)10-13-5-7-14(8-6-13)18(19,20)21/h5-8,12,15H,3-4,9-11H2,1-2H3,(H,22,25). The summed E-state index contributed by atoms with van der Waals surface area (Å²) in [6.45, 7) is 4.67. The Balaban J connectivity index is 1.92. The molecule has 1 aromatic carbocycles. The molecule has 1 aliphatic rings. The van der Waals surface area contributed by atoms with Crippen LogP contribution in [0.4, 0.5) is 13.2 Å². The molecule has 1 N–H and O–H groups in total. The Labute approximate surface area is 145 Å². The number of benzene rings is 1. The van der Waals surface area contributed by atoms with E-state index in [2.05, 4.69) is 5.32 Å². The molecule has 0 bridgehead atoms. The summed E-state index contributed by atoms with van der Waals surface area (Å²) in [5.41, 5.74) is -0.176. The van der Waals surface area contributed by atoms with Crippen molar-refractivity contribution in [3.8, 4) is 0 Å². The molecule has 1 saturated heterocycles. The van der Waals surface area contributed by atoms with Gasteiger partial charge in [0, 0.05) is 25.0 Å². The van der Waals surface area contributed by atoms with Gasteiger partial charge in [0.2, 0.25) is 11.8 Å². The average molecular weight is 356 g/mol. The molecule has 0 spiro atoms. The van der Waals surface area contributed by atoms with Gasteiger partial charge in [-0.3, -0.25) is 9.59 Å². The number of carbonyl (C=O) groups excluding carboxylic acids is 2. The maximum Gasteiger partial charge on any atom is 0.416 e. The normalized spacial score (nSPS) is 18.3. The summed E-state index contributed by atoms with van der Waals surface area (Å²) in [4.78, 5) is 25.9. The van der Waals surface area contributed by atoms with Crippen LogP contribution in [0.2, 0.25) is 0 Å². The number of carbonyl (C=O) groups is 2. The van der Waals surface area contributed by atoms with Crippen LogP contribution in [-0.4, -0.2) is 35.8 Å². The number of amides is 2. The number of hydrogen-bond donors (Lipinski definition) is 1. The lowest BCUT2D eigenvalue weighted by molar-refractivity contribution is -0.137. The molecule has 2 amide bonds. The van der Waals surface area contributed by atoms with Gasteiger partial charge >= 0.3 is 6.18 Å². The largest absolute Gasteiger partial charge is 0.416 e. The fourth-order valence-electron chi connectivity index (χ4n) is 2.79. The maximum absolute atomic E-state index is 12.6. The SMILES string of the molecule is CC(C)C(=O)NC1CCCN(C(=O)Cc2ccc(C(F)(F)F)cc2)C1. The van der Waals surface area contributed by atoms with Crippen LogP contribution in [0.5, 0.6) is 0 Å². The molecule has 0 aromatic heterocycles. The number of nitrogens with one attached hydrogen (secondary N) is 1. The highest BCUT2D eigenvalue weighted by Gasteiger charge is 2.30. The minimum absolute atomic E-state index is 0.0398. The summed E-state index contributed by atoms with van der Waals surface area (Å²) < 4.78 is 37.7. The molecule has 1 heterocycles. The Morgan fingerprint density at radius 3 is 2.44 bits per heavy atom. The van der Waals surface area contributed by atoms with Crippen molar-refractivity contribution in [2.75, 3.05) is 13.1 Å². The van der Waals surface area contributed by atoms with E-state index >= 15 is 0 Å². The van der Waals surface area contributed by atoms with Crippen LogP contribution in [0, 0.1) is 5.92 Å². The lowest BCUT2D eigenvalue weighted by atomic mass is 10.0. The van der Waals surface area contributed by atoms with E-state index < -0.39 is 11.7 Å². The molecule has 1 atom stereocenters. The van der Waals surface area contributed by atoms with Crippen LogP contribution in [-0.2, 0) is 22.2 Å². The van der Waals surface area contributed by atoms with Crippen molar-refractivity contribution in [2.45, 2.75) is 45.3 Å². The van der Waals surface area contributed by atoms with E-state index in [1.807, 2.05) is 13.8 Å². The highest BCUT2D eigenvalue weighted by Crippen LogP contribution is 2.29. The first-order chi connectivity index (χ1) is 11.7. The predicted octanol–water partition coefficient (Wildman–Crippen LogP) is 3.01. The van der Waals surface area contributed by atoms with Gasteiger partial charge < -0.3 is 10.2 Å². The molecule has 0 aliphatic carbocycles. The summed E-state index contributed by atoms with van der Waals surface area (Å²) >= 11 is 0. The number of rotatable bonds is 4. The van der Waals surface area contributed by atoms with E-state index in [1.165, 1.54) is 12.1 Å². The van der Waals surface area contributed by atoms with Crippen molar-refractivity contribution in [1.82, 2.24) is 10.2 Å². The van der Waals surface area contributed by atoms with Crippen LogP contribution >= 0.6 is 0 Å². The van der Waals surface area contributed by atoms with Crippen molar-refractivity contribution >= 4 is 11.8 Å². The third kappa shape index (κ3) is 5.47. The molecule has 4 nitrogen and oxygen atoms in total. The van der Waals surface area contributed by atoms with Crippen molar-refractivity contribution < 1.29 is 22.8 Å². The second-order valence-electron chi connectivity index (χ2n) is 6.71. The van der Waals surface area contributed by atoms with E-state index in [9.17, 15) is 22.8 Å². The number of nitrogens with zero attached hydrogens (tertiary/aromatic N) is 1. The molecular weight excluding hydrogens is 333 g/mol. The smallest absolute Gasteiger partial charge is 0.351 e. The quantitative estimate of drug-likeness (QED) is 0.902. The molecule has 138 valence electrons. The van der Waals surface area contributed by atoms with Crippen LogP contribution in [0.3, 0.4) is 0 Å². The first-order valence-electron chi connectivity index (χ1n) is 8.41. The lowest BCUT2D eigenvalue weighted by Gasteiger charge is -2.33. The minimum Gasteiger partial charge on any atom is -0.351 e. The van der Waals surface area contributed by atoms with Gasteiger partial charge in [-0.25, -0.2) is 0 Å². The zero-order chi connectivity index (χ0) is 18.6. The molecule has 0 radical (unpaired) electrons. The van der Waals surface area contributed by atoms with E-state index in [4.69, 9.17) is 0 Å². The van der Waals surface area contributed by atoms with Gasteiger partial charge in [-0.1, -0.05) is 26.0 Å². The Hall–Kier alpha value is -2.05. The Morgan fingerprint density at radius 2 is 1.88 bits per heavy atom. The molecular formula is C18H23F3N2O2. The molecule has 25 heavy (non-hydrogen) atoms. The van der Waals surface area contributed by atoms with Crippen LogP contribution < -0.4 is 5.32 Å². The highest BCUT2D eigenvalue weighted by atomic mass is 19.4. The molecule has 1 aliphatic heterocycles. The predicted molar refractivity (Wildman–Crippen MR) is 87.7 cm³/mol. The number of likely N-dealkylation sites (tertiary alicyclic amines) is 1. The minimum atomic E-state index is -4.38. The number of alkyl halides is 3. The van der Waals surface area contributed by atoms with Gasteiger partial charge in [-0.2, -0.15) is 13.2 Å². The Bertz CT molecular complexity index is 612. The molecule has 0 saturated carbocycles. The van der Waals surface area contributed by atoms with Crippen LogP contribution in [0.25, 0.3) is 0 Å². The van der Waals surface area contributed by atoms with Crippen LogP contribution in [0.1, 0.15) is 37.8 Å². The number of hydrogen-bond acceptors (Lipinski definition) is 2. The first kappa shape index (κ1) is 19.3. The average Bonchev–Trinajstić information content (AvgIpc) is 2.54. The van der Waals surface area contributed by atoms with Crippen molar-refractivity contribution in [2.24, 2.45) is 5.92 Å². The Kier molecular flexibility index (Phi) is 6.08. The van der Waals surface area contributed by atoms with Gasteiger partial charge in [0.1, 0.15) is 0 Å². The third-order valence-electron chi connectivity index (χ3n) is 4.28. The van der Waals surface area contributed by atoms with E-state index in [-0.39, 0.29) is 30.2 Å². The van der Waals surface area contributed by atoms with Gasteiger partial charge in [0.05, 0.1) is 12.0 Å². The number of piperidine rings is 1. The summed E-state index contributed by atoms with van der Waals surface area (Å²) in [6.07, 6.45) is -2.70. The fraction of sp³-hybridized carbons (Fsp3) is 0.556. The number of halogens is 3. The van der Waals surface area contributed by atoms with Gasteiger partial charge in [0.25, 0.3) is 0 Å². The topological polar surface area (TPSA) is 49.4 Å². The van der Waals surface area contributed by atoms with Crippen LogP contribution in [0.15, 0.2) is 24.3 Å². The second-order valence-corrected chi connectivity index (χ2v) is 6.71. The summed E-state index contributed by atoms with van der Waals surface area (Å²) in [7, 11) is 0. The van der Waals surface area contributed by atoms with Gasteiger partial charge in [-0.15, -0.1) is 0 Å². The zero-order valence-corrected chi connectivity index (χ0v) is 14.4. The molecule has 1 fully saturated rings.